The summed E-state index contributed by atoms with van der Waals surface area (Å²) in [4.78, 5) is 6.61. The molecule has 1 saturated carbocycles. The quantitative estimate of drug-likeness (QED) is 0.900. The summed E-state index contributed by atoms with van der Waals surface area (Å²) in [5.41, 5.74) is 6.51. The van der Waals surface area contributed by atoms with Gasteiger partial charge in [0.15, 0.2) is 0 Å². The van der Waals surface area contributed by atoms with E-state index >= 15 is 0 Å². The number of anilines is 1. The number of likely N-dealkylation sites (tertiary alicyclic amines) is 1. The summed E-state index contributed by atoms with van der Waals surface area (Å²) < 4.78 is 0. The number of nitrogens with zero attached hydrogens (tertiary/aromatic N) is 2. The van der Waals surface area contributed by atoms with Crippen molar-refractivity contribution in [2.24, 2.45) is 0 Å². The molecule has 116 valence electrons. The van der Waals surface area contributed by atoms with Crippen LogP contribution in [0.1, 0.15) is 56.6 Å². The standard InChI is InChI=1S/C16H24ClN3O/c17-12-10-13(15(18)19-11-12)14(21)16(6-2-3-7-16)20-8-4-1-5-9-20/h10-11,14,21H,1-9H2,(H2,18,19). The minimum absolute atomic E-state index is 0.180. The molecule has 2 fully saturated rings. The molecule has 2 heterocycles. The first kappa shape index (κ1) is 15.1. The third-order valence-corrected chi connectivity index (χ3v) is 5.38. The normalized spacial score (nSPS) is 24.1. The SMILES string of the molecule is Nc1ncc(Cl)cc1C(O)C1(N2CCCCC2)CCCC1. The van der Waals surface area contributed by atoms with E-state index in [1.165, 1.54) is 38.3 Å². The van der Waals surface area contributed by atoms with Crippen molar-refractivity contribution >= 4 is 17.4 Å². The van der Waals surface area contributed by atoms with Gasteiger partial charge in [-0.1, -0.05) is 30.9 Å². The van der Waals surface area contributed by atoms with E-state index in [4.69, 9.17) is 17.3 Å². The molecule has 1 aliphatic heterocycles. The topological polar surface area (TPSA) is 62.4 Å². The molecule has 1 aromatic heterocycles. The van der Waals surface area contributed by atoms with Crippen molar-refractivity contribution < 1.29 is 5.11 Å². The van der Waals surface area contributed by atoms with Crippen molar-refractivity contribution in [1.29, 1.82) is 0 Å². The van der Waals surface area contributed by atoms with Gasteiger partial charge in [0.25, 0.3) is 0 Å². The van der Waals surface area contributed by atoms with Gasteiger partial charge in [0, 0.05) is 11.8 Å². The number of aliphatic hydroxyl groups is 1. The van der Waals surface area contributed by atoms with E-state index in [2.05, 4.69) is 9.88 Å². The average molecular weight is 310 g/mol. The van der Waals surface area contributed by atoms with Crippen LogP contribution in [0.5, 0.6) is 0 Å². The smallest absolute Gasteiger partial charge is 0.129 e. The van der Waals surface area contributed by atoms with Gasteiger partial charge in [-0.05, 0) is 44.8 Å². The van der Waals surface area contributed by atoms with Gasteiger partial charge >= 0.3 is 0 Å². The first-order chi connectivity index (χ1) is 10.1. The van der Waals surface area contributed by atoms with E-state index in [0.29, 0.717) is 16.4 Å². The molecule has 1 aromatic rings. The molecule has 1 saturated heterocycles. The summed E-state index contributed by atoms with van der Waals surface area (Å²) in [6.45, 7) is 2.15. The lowest BCUT2D eigenvalue weighted by atomic mass is 9.83. The zero-order valence-electron chi connectivity index (χ0n) is 12.4. The lowest BCUT2D eigenvalue weighted by Gasteiger charge is -2.46. The Bertz CT molecular complexity index is 496. The molecule has 5 heteroatoms. The Hall–Kier alpha value is -0.840. The molecule has 1 atom stereocenters. The van der Waals surface area contributed by atoms with E-state index < -0.39 is 6.10 Å². The van der Waals surface area contributed by atoms with Crippen LogP contribution in [0.25, 0.3) is 0 Å². The molecule has 21 heavy (non-hydrogen) atoms. The van der Waals surface area contributed by atoms with Gasteiger partial charge in [0.2, 0.25) is 0 Å². The Morgan fingerprint density at radius 2 is 1.86 bits per heavy atom. The Labute approximate surface area is 131 Å². The number of piperidine rings is 1. The van der Waals surface area contributed by atoms with Gasteiger partial charge in [-0.2, -0.15) is 0 Å². The fourth-order valence-corrected chi connectivity index (χ4v) is 4.23. The molecular formula is C16H24ClN3O. The zero-order chi connectivity index (χ0) is 14.9. The summed E-state index contributed by atoms with van der Waals surface area (Å²) in [5, 5.41) is 11.6. The number of pyridine rings is 1. The van der Waals surface area contributed by atoms with Gasteiger partial charge in [-0.25, -0.2) is 4.98 Å². The molecule has 1 aliphatic carbocycles. The van der Waals surface area contributed by atoms with Crippen LogP contribution in [0.4, 0.5) is 5.82 Å². The van der Waals surface area contributed by atoms with E-state index in [0.717, 1.165) is 25.9 Å². The van der Waals surface area contributed by atoms with Crippen LogP contribution in [-0.4, -0.2) is 33.6 Å². The fourth-order valence-electron chi connectivity index (χ4n) is 4.06. The largest absolute Gasteiger partial charge is 0.386 e. The molecule has 3 rings (SSSR count). The Morgan fingerprint density at radius 3 is 2.52 bits per heavy atom. The number of aromatic nitrogens is 1. The molecule has 0 spiro atoms. The first-order valence-electron chi connectivity index (χ1n) is 7.97. The third-order valence-electron chi connectivity index (χ3n) is 5.17. The number of hydrogen-bond donors (Lipinski definition) is 2. The highest BCUT2D eigenvalue weighted by atomic mass is 35.5. The number of halogens is 1. The van der Waals surface area contributed by atoms with Crippen LogP contribution in [0.2, 0.25) is 5.02 Å². The van der Waals surface area contributed by atoms with E-state index in [9.17, 15) is 5.11 Å². The minimum atomic E-state index is -0.607. The van der Waals surface area contributed by atoms with Crippen LogP contribution in [0, 0.1) is 0 Å². The Morgan fingerprint density at radius 1 is 1.19 bits per heavy atom. The highest BCUT2D eigenvalue weighted by molar-refractivity contribution is 6.30. The van der Waals surface area contributed by atoms with Crippen molar-refractivity contribution in [2.75, 3.05) is 18.8 Å². The number of nitrogens with two attached hydrogens (primary N) is 1. The molecule has 0 bridgehead atoms. The van der Waals surface area contributed by atoms with Crippen molar-refractivity contribution in [1.82, 2.24) is 9.88 Å². The Kier molecular flexibility index (Phi) is 4.38. The van der Waals surface area contributed by atoms with Crippen molar-refractivity contribution in [2.45, 2.75) is 56.6 Å². The Balaban J connectivity index is 1.94. The molecule has 0 amide bonds. The lowest BCUT2D eigenvalue weighted by Crippen LogP contribution is -2.53. The fraction of sp³-hybridized carbons (Fsp3) is 0.688. The van der Waals surface area contributed by atoms with Crippen molar-refractivity contribution in [3.63, 3.8) is 0 Å². The maximum absolute atomic E-state index is 11.1. The van der Waals surface area contributed by atoms with Gasteiger partial charge in [0.05, 0.1) is 10.6 Å². The third kappa shape index (κ3) is 2.77. The average Bonchev–Trinajstić information content (AvgIpc) is 3.01. The van der Waals surface area contributed by atoms with Crippen LogP contribution >= 0.6 is 11.6 Å². The maximum atomic E-state index is 11.1. The van der Waals surface area contributed by atoms with E-state index in [1.807, 2.05) is 0 Å². The number of hydrogen-bond acceptors (Lipinski definition) is 4. The molecule has 3 N–H and O–H groups in total. The summed E-state index contributed by atoms with van der Waals surface area (Å²) in [6.07, 6.45) is 9.06. The molecule has 2 aliphatic rings. The number of rotatable bonds is 3. The second-order valence-electron chi connectivity index (χ2n) is 6.39. The van der Waals surface area contributed by atoms with Crippen LogP contribution in [-0.2, 0) is 0 Å². The molecule has 0 radical (unpaired) electrons. The van der Waals surface area contributed by atoms with Gasteiger partial charge in [-0.15, -0.1) is 0 Å². The predicted molar refractivity (Wildman–Crippen MR) is 85.2 cm³/mol. The monoisotopic (exact) mass is 309 g/mol. The summed E-state index contributed by atoms with van der Waals surface area (Å²) >= 11 is 6.06. The second-order valence-corrected chi connectivity index (χ2v) is 6.83. The van der Waals surface area contributed by atoms with Crippen LogP contribution in [0.3, 0.4) is 0 Å². The van der Waals surface area contributed by atoms with E-state index in [-0.39, 0.29) is 5.54 Å². The second kappa shape index (κ2) is 6.11. The van der Waals surface area contributed by atoms with Crippen LogP contribution < -0.4 is 5.73 Å². The summed E-state index contributed by atoms with van der Waals surface area (Å²) in [5.74, 6) is 0.398. The molecule has 0 aromatic carbocycles. The summed E-state index contributed by atoms with van der Waals surface area (Å²) in [7, 11) is 0. The summed E-state index contributed by atoms with van der Waals surface area (Å²) in [6, 6.07) is 1.78. The first-order valence-corrected chi connectivity index (χ1v) is 8.35. The molecular weight excluding hydrogens is 286 g/mol. The number of nitrogen functional groups attached to an aromatic ring is 1. The molecule has 4 nitrogen and oxygen atoms in total. The molecule has 1 unspecified atom stereocenters. The van der Waals surface area contributed by atoms with Crippen molar-refractivity contribution in [3.8, 4) is 0 Å². The van der Waals surface area contributed by atoms with Gasteiger partial charge in [-0.3, -0.25) is 4.90 Å². The van der Waals surface area contributed by atoms with Crippen LogP contribution in [0.15, 0.2) is 12.3 Å². The minimum Gasteiger partial charge on any atom is -0.386 e. The van der Waals surface area contributed by atoms with Crippen molar-refractivity contribution in [3.05, 3.63) is 22.8 Å². The predicted octanol–water partition coefficient (Wildman–Crippen LogP) is 3.15. The maximum Gasteiger partial charge on any atom is 0.129 e. The van der Waals surface area contributed by atoms with E-state index in [1.54, 1.807) is 6.07 Å². The lowest BCUT2D eigenvalue weighted by molar-refractivity contribution is -0.0402. The highest BCUT2D eigenvalue weighted by Crippen LogP contribution is 2.46. The zero-order valence-corrected chi connectivity index (χ0v) is 13.1. The van der Waals surface area contributed by atoms with Gasteiger partial charge in [0.1, 0.15) is 11.9 Å². The van der Waals surface area contributed by atoms with Gasteiger partial charge < -0.3 is 10.8 Å². The number of aliphatic hydroxyl groups excluding tert-OH is 1. The highest BCUT2D eigenvalue weighted by Gasteiger charge is 2.46.